The van der Waals surface area contributed by atoms with Gasteiger partial charge in [0.25, 0.3) is 11.8 Å². The Balaban J connectivity index is 0.00000218. The van der Waals surface area contributed by atoms with E-state index in [1.165, 1.54) is 11.3 Å². The van der Waals surface area contributed by atoms with Gasteiger partial charge >= 0.3 is 0 Å². The number of anilines is 1. The average molecular weight is 456 g/mol. The van der Waals surface area contributed by atoms with E-state index in [9.17, 15) is 9.59 Å². The van der Waals surface area contributed by atoms with Crippen LogP contribution in [0, 0.1) is 0 Å². The average Bonchev–Trinajstić information content (AvgIpc) is 3.45. The third kappa shape index (κ3) is 3.36. The summed E-state index contributed by atoms with van der Waals surface area (Å²) >= 11 is 3.13. The summed E-state index contributed by atoms with van der Waals surface area (Å²) in [7, 11) is 0. The highest BCUT2D eigenvalue weighted by molar-refractivity contribution is 7.18. The smallest absolute Gasteiger partial charge is 0.275 e. The van der Waals surface area contributed by atoms with Gasteiger partial charge in [-0.25, -0.2) is 9.97 Å². The maximum absolute atomic E-state index is 12.2. The standard InChI is InChI=1S/C20H13N5O2S2.ClH/c1-10-15(19(27)25-18(10)26)22-17-14-12(13-3-2-8-28-13)9-29-20(14)24-16(23-17)11-4-6-21-7-5-11;/h2-9H,1H3,(H2,22,23,24,25,26,27);1H. The molecule has 4 aromatic rings. The predicted molar refractivity (Wildman–Crippen MR) is 121 cm³/mol. The molecule has 2 amide bonds. The molecule has 0 saturated carbocycles. The molecule has 150 valence electrons. The Morgan fingerprint density at radius 2 is 1.83 bits per heavy atom. The second-order valence-electron chi connectivity index (χ2n) is 6.35. The molecule has 0 aromatic carbocycles. The van der Waals surface area contributed by atoms with E-state index in [2.05, 4.69) is 15.6 Å². The van der Waals surface area contributed by atoms with E-state index in [1.807, 2.05) is 35.0 Å². The Morgan fingerprint density at radius 3 is 2.50 bits per heavy atom. The first-order valence-corrected chi connectivity index (χ1v) is 10.4. The fourth-order valence-corrected chi connectivity index (χ4v) is 4.85. The van der Waals surface area contributed by atoms with Gasteiger partial charge in [0, 0.05) is 39.4 Å². The van der Waals surface area contributed by atoms with Crippen molar-refractivity contribution in [2.45, 2.75) is 6.92 Å². The number of imide groups is 1. The molecule has 1 aliphatic heterocycles. The molecule has 5 rings (SSSR count). The van der Waals surface area contributed by atoms with E-state index < -0.39 is 11.8 Å². The molecule has 30 heavy (non-hydrogen) atoms. The highest BCUT2D eigenvalue weighted by atomic mass is 35.5. The Hall–Kier alpha value is -3.14. The van der Waals surface area contributed by atoms with Crippen LogP contribution in [-0.2, 0) is 9.59 Å². The summed E-state index contributed by atoms with van der Waals surface area (Å²) in [6.45, 7) is 1.61. The normalized spacial score (nSPS) is 13.5. The number of carbonyl (C=O) groups is 2. The summed E-state index contributed by atoms with van der Waals surface area (Å²) in [5, 5.41) is 10.3. The van der Waals surface area contributed by atoms with Crippen LogP contribution in [-0.4, -0.2) is 26.8 Å². The van der Waals surface area contributed by atoms with Crippen molar-refractivity contribution >= 4 is 62.9 Å². The van der Waals surface area contributed by atoms with Gasteiger partial charge in [-0.15, -0.1) is 35.1 Å². The quantitative estimate of drug-likeness (QED) is 0.446. The molecule has 2 N–H and O–H groups in total. The minimum absolute atomic E-state index is 0. The number of halogens is 1. The summed E-state index contributed by atoms with van der Waals surface area (Å²) < 4.78 is 0. The monoisotopic (exact) mass is 455 g/mol. The lowest BCUT2D eigenvalue weighted by molar-refractivity contribution is -0.124. The summed E-state index contributed by atoms with van der Waals surface area (Å²) in [6.07, 6.45) is 3.36. The number of hydrogen-bond donors (Lipinski definition) is 2. The molecular formula is C20H14ClN5O2S2. The lowest BCUT2D eigenvalue weighted by Gasteiger charge is -2.10. The molecule has 0 saturated heterocycles. The predicted octanol–water partition coefficient (Wildman–Crippen LogP) is 4.25. The first-order chi connectivity index (χ1) is 14.1. The summed E-state index contributed by atoms with van der Waals surface area (Å²) in [5.74, 6) is 0.147. The van der Waals surface area contributed by atoms with Crippen molar-refractivity contribution in [3.63, 3.8) is 0 Å². The third-order valence-electron chi connectivity index (χ3n) is 4.57. The zero-order valence-electron chi connectivity index (χ0n) is 15.5. The molecule has 5 heterocycles. The van der Waals surface area contributed by atoms with Crippen molar-refractivity contribution in [3.05, 3.63) is 58.7 Å². The number of rotatable bonds is 4. The molecule has 4 aromatic heterocycles. The zero-order valence-corrected chi connectivity index (χ0v) is 18.0. The van der Waals surface area contributed by atoms with Gasteiger partial charge in [0.1, 0.15) is 16.3 Å². The van der Waals surface area contributed by atoms with Gasteiger partial charge in [-0.05, 0) is 30.5 Å². The van der Waals surface area contributed by atoms with Gasteiger partial charge in [0.2, 0.25) is 0 Å². The summed E-state index contributed by atoms with van der Waals surface area (Å²) in [5.41, 5.74) is 2.35. The lowest BCUT2D eigenvalue weighted by atomic mass is 10.1. The van der Waals surface area contributed by atoms with E-state index >= 15 is 0 Å². The highest BCUT2D eigenvalue weighted by Crippen LogP contribution is 2.40. The van der Waals surface area contributed by atoms with E-state index in [0.29, 0.717) is 17.2 Å². The summed E-state index contributed by atoms with van der Waals surface area (Å²) in [6, 6.07) is 7.67. The molecule has 0 radical (unpaired) electrons. The molecule has 7 nitrogen and oxygen atoms in total. The van der Waals surface area contributed by atoms with Gasteiger partial charge in [0.05, 0.1) is 5.39 Å². The highest BCUT2D eigenvalue weighted by Gasteiger charge is 2.28. The minimum atomic E-state index is -0.461. The minimum Gasteiger partial charge on any atom is -0.335 e. The Bertz CT molecular complexity index is 1300. The van der Waals surface area contributed by atoms with Crippen LogP contribution >= 0.6 is 35.1 Å². The molecule has 0 spiro atoms. The largest absolute Gasteiger partial charge is 0.335 e. The Morgan fingerprint density at radius 1 is 1.03 bits per heavy atom. The lowest BCUT2D eigenvalue weighted by Crippen LogP contribution is -2.24. The van der Waals surface area contributed by atoms with E-state index in [1.54, 1.807) is 30.7 Å². The zero-order chi connectivity index (χ0) is 20.0. The van der Waals surface area contributed by atoms with Crippen LogP contribution in [0.1, 0.15) is 6.92 Å². The molecule has 0 unspecified atom stereocenters. The molecule has 10 heteroatoms. The summed E-state index contributed by atoms with van der Waals surface area (Å²) in [4.78, 5) is 39.5. The molecule has 0 atom stereocenters. The number of nitrogens with zero attached hydrogens (tertiary/aromatic N) is 3. The molecular weight excluding hydrogens is 442 g/mol. The molecule has 1 aliphatic rings. The van der Waals surface area contributed by atoms with E-state index in [0.717, 1.165) is 26.2 Å². The van der Waals surface area contributed by atoms with Crippen LogP contribution < -0.4 is 10.6 Å². The van der Waals surface area contributed by atoms with Crippen molar-refractivity contribution in [2.24, 2.45) is 0 Å². The number of carbonyl (C=O) groups excluding carboxylic acids is 2. The Kier molecular flexibility index (Phi) is 5.33. The number of amides is 2. The van der Waals surface area contributed by atoms with Crippen LogP contribution in [0.25, 0.3) is 32.0 Å². The molecule has 0 fully saturated rings. The first kappa shape index (κ1) is 20.1. The number of nitrogens with one attached hydrogen (secondary N) is 2. The van der Waals surface area contributed by atoms with Crippen molar-refractivity contribution < 1.29 is 9.59 Å². The fourth-order valence-electron chi connectivity index (χ4n) is 3.09. The fraction of sp³-hybridized carbons (Fsp3) is 0.0500. The van der Waals surface area contributed by atoms with Crippen molar-refractivity contribution in [1.82, 2.24) is 20.3 Å². The van der Waals surface area contributed by atoms with E-state index in [-0.39, 0.29) is 18.1 Å². The van der Waals surface area contributed by atoms with Crippen LogP contribution in [0.5, 0.6) is 0 Å². The van der Waals surface area contributed by atoms with Gasteiger partial charge in [-0.1, -0.05) is 6.07 Å². The number of fused-ring (bicyclic) bond motifs is 1. The number of hydrogen-bond acceptors (Lipinski definition) is 8. The number of pyridine rings is 1. The van der Waals surface area contributed by atoms with Crippen molar-refractivity contribution in [2.75, 3.05) is 5.32 Å². The topological polar surface area (TPSA) is 96.9 Å². The van der Waals surface area contributed by atoms with Crippen molar-refractivity contribution in [3.8, 4) is 21.8 Å². The van der Waals surface area contributed by atoms with Gasteiger partial charge in [-0.3, -0.25) is 19.9 Å². The molecule has 0 bridgehead atoms. The second-order valence-corrected chi connectivity index (χ2v) is 8.15. The number of aromatic nitrogens is 3. The third-order valence-corrected chi connectivity index (χ3v) is 6.35. The maximum atomic E-state index is 12.2. The second kappa shape index (κ2) is 7.94. The molecule has 0 aliphatic carbocycles. The maximum Gasteiger partial charge on any atom is 0.275 e. The van der Waals surface area contributed by atoms with E-state index in [4.69, 9.17) is 9.97 Å². The first-order valence-electron chi connectivity index (χ1n) is 8.69. The van der Waals surface area contributed by atoms with Crippen LogP contribution in [0.2, 0.25) is 0 Å². The number of thiophene rings is 2. The van der Waals surface area contributed by atoms with Crippen molar-refractivity contribution in [1.29, 1.82) is 0 Å². The van der Waals surface area contributed by atoms with Crippen LogP contribution in [0.15, 0.2) is 58.7 Å². The van der Waals surface area contributed by atoms with Crippen LogP contribution in [0.4, 0.5) is 5.82 Å². The Labute approximate surface area is 185 Å². The van der Waals surface area contributed by atoms with Gasteiger partial charge in [-0.2, -0.15) is 0 Å². The SMILES string of the molecule is CC1=C(Nc2nc(-c3ccncc3)nc3scc(-c4cccs4)c23)C(=O)NC1=O.Cl. The van der Waals surface area contributed by atoms with Gasteiger partial charge in [0.15, 0.2) is 5.82 Å². The van der Waals surface area contributed by atoms with Gasteiger partial charge < -0.3 is 5.32 Å². The van der Waals surface area contributed by atoms with Crippen LogP contribution in [0.3, 0.4) is 0 Å².